The van der Waals surface area contributed by atoms with Crippen LogP contribution in [0, 0.1) is 0 Å². The van der Waals surface area contributed by atoms with Gasteiger partial charge in [0.05, 0.1) is 0 Å². The van der Waals surface area contributed by atoms with Crippen LogP contribution in [-0.4, -0.2) is 94.1 Å². The summed E-state index contributed by atoms with van der Waals surface area (Å²) < 4.78 is 21.7. The fourth-order valence-corrected chi connectivity index (χ4v) is 6.76. The van der Waals surface area contributed by atoms with Gasteiger partial charge in [-0.25, -0.2) is 19.2 Å². The second-order valence-corrected chi connectivity index (χ2v) is 16.1. The van der Waals surface area contributed by atoms with E-state index in [1.807, 2.05) is 38.1 Å². The number of esters is 2. The van der Waals surface area contributed by atoms with Gasteiger partial charge >= 0.3 is 24.1 Å². The van der Waals surface area contributed by atoms with Gasteiger partial charge in [-0.15, -0.1) is 0 Å². The summed E-state index contributed by atoms with van der Waals surface area (Å²) in [6.07, 6.45) is 0.940. The third kappa shape index (κ3) is 9.64. The first-order valence-electron chi connectivity index (χ1n) is 18.4. The monoisotopic (exact) mass is 742 g/mol. The summed E-state index contributed by atoms with van der Waals surface area (Å²) in [7, 11) is 0. The molecule has 2 aliphatic heterocycles. The molecule has 4 atom stereocenters. The molecule has 2 amide bonds. The van der Waals surface area contributed by atoms with E-state index < -0.39 is 60.6 Å². The molecular formula is C42H50N2O10. The summed E-state index contributed by atoms with van der Waals surface area (Å²) >= 11 is 0. The van der Waals surface area contributed by atoms with Crippen molar-refractivity contribution in [2.75, 3.05) is 13.2 Å². The van der Waals surface area contributed by atoms with E-state index >= 15 is 0 Å². The molecular weight excluding hydrogens is 692 g/mol. The second-order valence-electron chi connectivity index (χ2n) is 16.1. The van der Waals surface area contributed by atoms with E-state index in [-0.39, 0.29) is 23.7 Å². The van der Waals surface area contributed by atoms with Crippen LogP contribution >= 0.6 is 0 Å². The summed E-state index contributed by atoms with van der Waals surface area (Å²) in [5, 5.41) is 1.69. The molecule has 5 rings (SSSR count). The number of nitrogens with zero attached hydrogens (tertiary/aromatic N) is 2. The molecule has 0 aromatic heterocycles. The minimum atomic E-state index is -0.813. The molecule has 3 aromatic rings. The minimum absolute atomic E-state index is 0.191. The molecule has 54 heavy (non-hydrogen) atoms. The fourth-order valence-electron chi connectivity index (χ4n) is 6.76. The highest BCUT2D eigenvalue weighted by Gasteiger charge is 2.43. The number of carbonyl (C=O) groups excluding carboxylic acids is 6. The van der Waals surface area contributed by atoms with E-state index in [1.54, 1.807) is 77.9 Å². The van der Waals surface area contributed by atoms with Gasteiger partial charge in [-0.05, 0) is 115 Å². The number of ether oxygens (including phenoxy) is 4. The number of likely N-dealkylation sites (tertiary alicyclic amines) is 2. The quantitative estimate of drug-likeness (QED) is 0.122. The molecule has 12 heteroatoms. The van der Waals surface area contributed by atoms with Crippen molar-refractivity contribution < 1.29 is 47.7 Å². The maximum absolute atomic E-state index is 13.0. The van der Waals surface area contributed by atoms with Gasteiger partial charge in [-0.1, -0.05) is 48.5 Å². The lowest BCUT2D eigenvalue weighted by atomic mass is 9.98. The maximum Gasteiger partial charge on any atom is 0.411 e. The number of hydrogen-bond acceptors (Lipinski definition) is 10. The van der Waals surface area contributed by atoms with Crippen LogP contribution in [0.4, 0.5) is 9.59 Å². The first-order chi connectivity index (χ1) is 25.3. The normalized spacial score (nSPS) is 20.1. The molecule has 2 heterocycles. The van der Waals surface area contributed by atoms with Crippen LogP contribution in [0.25, 0.3) is 21.9 Å². The molecule has 2 aliphatic rings. The van der Waals surface area contributed by atoms with Crippen LogP contribution in [0.5, 0.6) is 0 Å². The Kier molecular flexibility index (Phi) is 11.8. The predicted octanol–water partition coefficient (Wildman–Crippen LogP) is 7.53. The first-order valence-corrected chi connectivity index (χ1v) is 18.4. The Morgan fingerprint density at radius 2 is 0.963 bits per heavy atom. The van der Waals surface area contributed by atoms with E-state index in [4.69, 9.17) is 18.9 Å². The Bertz CT molecular complexity index is 1920. The van der Waals surface area contributed by atoms with Crippen LogP contribution in [-0.2, 0) is 28.5 Å². The Morgan fingerprint density at radius 3 is 1.44 bits per heavy atom. The van der Waals surface area contributed by atoms with Crippen molar-refractivity contribution in [1.82, 2.24) is 9.80 Å². The van der Waals surface area contributed by atoms with Crippen LogP contribution in [0.2, 0.25) is 0 Å². The zero-order chi connectivity index (χ0) is 39.5. The van der Waals surface area contributed by atoms with Crippen molar-refractivity contribution in [1.29, 1.82) is 0 Å². The summed E-state index contributed by atoms with van der Waals surface area (Å²) in [6.45, 7) is 13.3. The first kappa shape index (κ1) is 39.9. The predicted molar refractivity (Wildman–Crippen MR) is 201 cm³/mol. The van der Waals surface area contributed by atoms with Gasteiger partial charge in [-0.3, -0.25) is 19.4 Å². The van der Waals surface area contributed by atoms with Crippen LogP contribution < -0.4 is 0 Å². The van der Waals surface area contributed by atoms with Crippen molar-refractivity contribution in [3.8, 4) is 11.1 Å². The number of fused-ring (bicyclic) bond motifs is 1. The van der Waals surface area contributed by atoms with Crippen molar-refractivity contribution >= 4 is 46.5 Å². The topological polar surface area (TPSA) is 146 Å². The zero-order valence-electron chi connectivity index (χ0n) is 32.3. The Hall–Kier alpha value is -5.26. The maximum atomic E-state index is 13.0. The van der Waals surface area contributed by atoms with E-state index in [1.165, 1.54) is 9.80 Å². The zero-order valence-corrected chi connectivity index (χ0v) is 32.3. The second kappa shape index (κ2) is 16.0. The average Bonchev–Trinajstić information content (AvgIpc) is 3.69. The van der Waals surface area contributed by atoms with E-state index in [2.05, 4.69) is 0 Å². The van der Waals surface area contributed by atoms with Crippen molar-refractivity contribution in [3.05, 3.63) is 71.8 Å². The highest BCUT2D eigenvalue weighted by Crippen LogP contribution is 2.30. The van der Waals surface area contributed by atoms with Crippen molar-refractivity contribution in [3.63, 3.8) is 0 Å². The Balaban J connectivity index is 1.16. The Morgan fingerprint density at radius 1 is 0.556 bits per heavy atom. The Labute approximate surface area is 316 Å². The summed E-state index contributed by atoms with van der Waals surface area (Å²) in [4.78, 5) is 80.1. The molecule has 0 aliphatic carbocycles. The smallest absolute Gasteiger partial charge is 0.411 e. The SMILES string of the molecule is CC1CCC(C(=O)OCC(=O)c2ccc3cc(-c4ccc(C(=O)COC(=O)[C@@H]5CC[C@H](C)N5C(=O)OC(C)(C)C)cc4)ccc3c2)N1C(=O)OC(C)(C)C. The van der Waals surface area contributed by atoms with Gasteiger partial charge in [-0.2, -0.15) is 0 Å². The van der Waals surface area contributed by atoms with E-state index in [9.17, 15) is 28.8 Å². The molecule has 0 bridgehead atoms. The summed E-state index contributed by atoms with van der Waals surface area (Å²) in [5.74, 6) is -2.01. The van der Waals surface area contributed by atoms with E-state index in [0.29, 0.717) is 36.8 Å². The third-order valence-corrected chi connectivity index (χ3v) is 9.48. The van der Waals surface area contributed by atoms with Crippen LogP contribution in [0.3, 0.4) is 0 Å². The molecule has 2 saturated heterocycles. The molecule has 2 fully saturated rings. The van der Waals surface area contributed by atoms with Gasteiger partial charge in [0, 0.05) is 23.2 Å². The summed E-state index contributed by atoms with van der Waals surface area (Å²) in [5.41, 5.74) is 1.08. The van der Waals surface area contributed by atoms with Gasteiger partial charge in [0.1, 0.15) is 23.3 Å². The van der Waals surface area contributed by atoms with Gasteiger partial charge in [0.2, 0.25) is 0 Å². The molecule has 2 unspecified atom stereocenters. The fraction of sp³-hybridized carbons (Fsp3) is 0.476. The van der Waals surface area contributed by atoms with Crippen LogP contribution in [0.15, 0.2) is 60.7 Å². The van der Waals surface area contributed by atoms with Gasteiger partial charge in [0.15, 0.2) is 24.8 Å². The van der Waals surface area contributed by atoms with E-state index in [0.717, 1.165) is 21.9 Å². The lowest BCUT2D eigenvalue weighted by Gasteiger charge is -2.30. The van der Waals surface area contributed by atoms with Crippen molar-refractivity contribution in [2.45, 2.75) is 116 Å². The molecule has 12 nitrogen and oxygen atoms in total. The van der Waals surface area contributed by atoms with Crippen molar-refractivity contribution in [2.24, 2.45) is 0 Å². The van der Waals surface area contributed by atoms with Crippen LogP contribution in [0.1, 0.15) is 102 Å². The summed E-state index contributed by atoms with van der Waals surface area (Å²) in [6, 6.07) is 15.9. The van der Waals surface area contributed by atoms with Gasteiger partial charge in [0.25, 0.3) is 0 Å². The molecule has 288 valence electrons. The number of carbonyl (C=O) groups is 6. The molecule has 0 saturated carbocycles. The molecule has 0 radical (unpaired) electrons. The standard InChI is InChI=1S/C42H50N2O10/c1-25-9-19-33(43(25)39(49)53-41(3,4)5)37(47)51-23-35(45)28-13-11-27(12-14-28)29-15-16-31-22-32(18-17-30(31)21-29)36(46)24-52-38(48)34-20-10-26(2)44(34)40(50)54-42(6,7)8/h11-18,21-22,25-26,33-34H,9-10,19-20,23-24H2,1-8H3/t25-,26?,33-,34?/m0/s1. The number of ketones is 2. The number of benzene rings is 3. The molecule has 3 aromatic carbocycles. The van der Waals surface area contributed by atoms with Gasteiger partial charge < -0.3 is 18.9 Å². The number of Topliss-reactive ketones (excluding diaryl/α,β-unsaturated/α-hetero) is 2. The number of rotatable bonds is 9. The lowest BCUT2D eigenvalue weighted by molar-refractivity contribution is -0.148. The average molecular weight is 743 g/mol. The molecule has 0 N–H and O–H groups in total. The molecule has 0 spiro atoms. The third-order valence-electron chi connectivity index (χ3n) is 9.48. The highest BCUT2D eigenvalue weighted by atomic mass is 16.6. The number of hydrogen-bond donors (Lipinski definition) is 0. The highest BCUT2D eigenvalue weighted by molar-refractivity contribution is 6.02. The largest absolute Gasteiger partial charge is 0.456 e. The minimum Gasteiger partial charge on any atom is -0.456 e. The number of amides is 2. The lowest BCUT2D eigenvalue weighted by Crippen LogP contribution is -2.47.